The van der Waals surface area contributed by atoms with Crippen LogP contribution in [0.5, 0.6) is 0 Å². The number of hydrogen-bond donors (Lipinski definition) is 1. The molecule has 2 rings (SSSR count). The van der Waals surface area contributed by atoms with E-state index >= 15 is 0 Å². The largest absolute Gasteiger partial charge is 0.377 e. The number of benzene rings is 1. The van der Waals surface area contributed by atoms with E-state index in [1.807, 2.05) is 0 Å². The first-order chi connectivity index (χ1) is 10.7. The number of nitrogens with one attached hydrogen (secondary N) is 1. The Labute approximate surface area is 148 Å². The summed E-state index contributed by atoms with van der Waals surface area (Å²) < 4.78 is 6.22. The van der Waals surface area contributed by atoms with Gasteiger partial charge in [0.15, 0.2) is 0 Å². The first kappa shape index (κ1) is 20.5. The highest BCUT2D eigenvalue weighted by molar-refractivity contribution is 5.85. The molecule has 0 spiro atoms. The molecule has 1 aliphatic rings. The normalized spacial score (nSPS) is 24.4. The van der Waals surface area contributed by atoms with Crippen molar-refractivity contribution >= 4 is 12.4 Å². The van der Waals surface area contributed by atoms with Crippen LogP contribution in [-0.4, -0.2) is 25.8 Å². The second-order valence-electron chi connectivity index (χ2n) is 7.22. The molecule has 1 saturated carbocycles. The Balaban J connectivity index is 0.00000264. The molecule has 0 amide bonds. The van der Waals surface area contributed by atoms with Gasteiger partial charge in [0.2, 0.25) is 0 Å². The van der Waals surface area contributed by atoms with Gasteiger partial charge in [-0.15, -0.1) is 12.4 Å². The van der Waals surface area contributed by atoms with Gasteiger partial charge in [-0.1, -0.05) is 57.5 Å². The molecule has 1 fully saturated rings. The van der Waals surface area contributed by atoms with Crippen LogP contribution in [0.1, 0.15) is 45.6 Å². The third-order valence-electron chi connectivity index (χ3n) is 5.01. The van der Waals surface area contributed by atoms with E-state index in [0.717, 1.165) is 43.9 Å². The molecule has 3 heteroatoms. The van der Waals surface area contributed by atoms with Crippen molar-refractivity contribution in [1.82, 2.24) is 5.32 Å². The molecule has 23 heavy (non-hydrogen) atoms. The highest BCUT2D eigenvalue weighted by atomic mass is 35.5. The molecule has 1 aromatic carbocycles. The van der Waals surface area contributed by atoms with E-state index in [4.69, 9.17) is 4.74 Å². The smallest absolute Gasteiger partial charge is 0.0608 e. The standard InChI is InChI=1S/C20H33NO.ClH/c1-16(2)19-10-9-17(3)15-20(19)22-14-13-21-12-11-18-7-5-4-6-8-18;/h4-8,16-17,19-21H,9-15H2,1-3H3;1H/t17-,19+,20-;/m0./s1. The zero-order chi connectivity index (χ0) is 15.8. The summed E-state index contributed by atoms with van der Waals surface area (Å²) in [7, 11) is 0. The predicted molar refractivity (Wildman–Crippen MR) is 101 cm³/mol. The zero-order valence-corrected chi connectivity index (χ0v) is 15.8. The van der Waals surface area contributed by atoms with Crippen LogP contribution in [0.15, 0.2) is 30.3 Å². The van der Waals surface area contributed by atoms with Gasteiger partial charge < -0.3 is 10.1 Å². The van der Waals surface area contributed by atoms with Crippen molar-refractivity contribution in [2.24, 2.45) is 17.8 Å². The molecule has 1 aliphatic carbocycles. The Morgan fingerprint density at radius 1 is 1.13 bits per heavy atom. The number of ether oxygens (including phenoxy) is 1. The molecular weight excluding hydrogens is 306 g/mol. The number of hydrogen-bond acceptors (Lipinski definition) is 2. The lowest BCUT2D eigenvalue weighted by Gasteiger charge is -2.37. The monoisotopic (exact) mass is 339 g/mol. The van der Waals surface area contributed by atoms with Crippen LogP contribution in [0.4, 0.5) is 0 Å². The first-order valence-electron chi connectivity index (χ1n) is 9.03. The minimum absolute atomic E-state index is 0. The summed E-state index contributed by atoms with van der Waals surface area (Å²) in [5, 5.41) is 3.50. The molecule has 0 aliphatic heterocycles. The zero-order valence-electron chi connectivity index (χ0n) is 15.0. The van der Waals surface area contributed by atoms with Gasteiger partial charge in [0.05, 0.1) is 12.7 Å². The van der Waals surface area contributed by atoms with Gasteiger partial charge in [-0.2, -0.15) is 0 Å². The second kappa shape index (κ2) is 11.1. The maximum absolute atomic E-state index is 6.22. The van der Waals surface area contributed by atoms with Gasteiger partial charge in [-0.05, 0) is 49.1 Å². The summed E-state index contributed by atoms with van der Waals surface area (Å²) in [5.41, 5.74) is 1.40. The van der Waals surface area contributed by atoms with Crippen LogP contribution in [-0.2, 0) is 11.2 Å². The summed E-state index contributed by atoms with van der Waals surface area (Å²) in [6.45, 7) is 9.88. The molecular formula is C20H34ClNO. The Hall–Kier alpha value is -0.570. The third kappa shape index (κ3) is 7.24. The Morgan fingerprint density at radius 3 is 2.57 bits per heavy atom. The first-order valence-corrected chi connectivity index (χ1v) is 9.03. The lowest BCUT2D eigenvalue weighted by Crippen LogP contribution is -2.36. The molecule has 1 N–H and O–H groups in total. The molecule has 132 valence electrons. The van der Waals surface area contributed by atoms with Crippen LogP contribution >= 0.6 is 12.4 Å². The van der Waals surface area contributed by atoms with Gasteiger partial charge in [0.1, 0.15) is 0 Å². The maximum Gasteiger partial charge on any atom is 0.0608 e. The Morgan fingerprint density at radius 2 is 1.87 bits per heavy atom. The lowest BCUT2D eigenvalue weighted by atomic mass is 9.75. The van der Waals surface area contributed by atoms with E-state index in [-0.39, 0.29) is 12.4 Å². The molecule has 0 aromatic heterocycles. The van der Waals surface area contributed by atoms with Crippen LogP contribution in [0, 0.1) is 17.8 Å². The van der Waals surface area contributed by atoms with Crippen molar-refractivity contribution in [3.05, 3.63) is 35.9 Å². The Bertz CT molecular complexity index is 409. The molecule has 0 unspecified atom stereocenters. The fourth-order valence-electron chi connectivity index (χ4n) is 3.59. The highest BCUT2D eigenvalue weighted by Gasteiger charge is 2.31. The fourth-order valence-corrected chi connectivity index (χ4v) is 3.59. The number of halogens is 1. The van der Waals surface area contributed by atoms with E-state index in [2.05, 4.69) is 56.4 Å². The van der Waals surface area contributed by atoms with Gasteiger partial charge in [-0.25, -0.2) is 0 Å². The van der Waals surface area contributed by atoms with Gasteiger partial charge >= 0.3 is 0 Å². The average Bonchev–Trinajstić information content (AvgIpc) is 2.51. The topological polar surface area (TPSA) is 21.3 Å². The minimum atomic E-state index is 0. The molecule has 0 heterocycles. The summed E-state index contributed by atoms with van der Waals surface area (Å²) >= 11 is 0. The predicted octanol–water partition coefficient (Wildman–Crippen LogP) is 4.72. The maximum atomic E-state index is 6.22. The molecule has 0 saturated heterocycles. The molecule has 1 aromatic rings. The van der Waals surface area contributed by atoms with Crippen LogP contribution in [0.2, 0.25) is 0 Å². The molecule has 0 bridgehead atoms. The second-order valence-corrected chi connectivity index (χ2v) is 7.22. The van der Waals surface area contributed by atoms with Crippen molar-refractivity contribution < 1.29 is 4.74 Å². The van der Waals surface area contributed by atoms with Crippen molar-refractivity contribution in [2.75, 3.05) is 19.7 Å². The van der Waals surface area contributed by atoms with Crippen molar-refractivity contribution in [1.29, 1.82) is 0 Å². The lowest BCUT2D eigenvalue weighted by molar-refractivity contribution is -0.0366. The van der Waals surface area contributed by atoms with Gasteiger partial charge in [0.25, 0.3) is 0 Å². The third-order valence-corrected chi connectivity index (χ3v) is 5.01. The van der Waals surface area contributed by atoms with Crippen LogP contribution in [0.3, 0.4) is 0 Å². The van der Waals surface area contributed by atoms with Crippen LogP contribution in [0.25, 0.3) is 0 Å². The number of rotatable bonds is 8. The van der Waals surface area contributed by atoms with E-state index in [1.54, 1.807) is 0 Å². The average molecular weight is 340 g/mol. The Kier molecular flexibility index (Phi) is 9.85. The summed E-state index contributed by atoms with van der Waals surface area (Å²) in [4.78, 5) is 0. The highest BCUT2D eigenvalue weighted by Crippen LogP contribution is 2.35. The molecule has 3 atom stereocenters. The SMILES string of the molecule is CC(C)[C@H]1CC[C@H](C)C[C@@H]1OCCNCCc1ccccc1.Cl. The fraction of sp³-hybridized carbons (Fsp3) is 0.700. The van der Waals surface area contributed by atoms with E-state index in [0.29, 0.717) is 6.10 Å². The van der Waals surface area contributed by atoms with Crippen molar-refractivity contribution in [2.45, 2.75) is 52.6 Å². The van der Waals surface area contributed by atoms with Crippen LogP contribution < -0.4 is 5.32 Å². The summed E-state index contributed by atoms with van der Waals surface area (Å²) in [6, 6.07) is 10.7. The van der Waals surface area contributed by atoms with Crippen molar-refractivity contribution in [3.63, 3.8) is 0 Å². The molecule has 0 radical (unpaired) electrons. The molecule has 2 nitrogen and oxygen atoms in total. The van der Waals surface area contributed by atoms with Gasteiger partial charge in [-0.3, -0.25) is 0 Å². The van der Waals surface area contributed by atoms with Crippen molar-refractivity contribution in [3.8, 4) is 0 Å². The van der Waals surface area contributed by atoms with E-state index in [9.17, 15) is 0 Å². The van der Waals surface area contributed by atoms with E-state index in [1.165, 1.54) is 24.8 Å². The quantitative estimate of drug-likeness (QED) is 0.692. The summed E-state index contributed by atoms with van der Waals surface area (Å²) in [6.07, 6.45) is 5.52. The van der Waals surface area contributed by atoms with Gasteiger partial charge in [0, 0.05) is 6.54 Å². The summed E-state index contributed by atoms with van der Waals surface area (Å²) in [5.74, 6) is 2.31. The van der Waals surface area contributed by atoms with E-state index < -0.39 is 0 Å². The minimum Gasteiger partial charge on any atom is -0.377 e.